The predicted molar refractivity (Wildman–Crippen MR) is 119 cm³/mol. The number of benzene rings is 4. The lowest BCUT2D eigenvalue weighted by molar-refractivity contribution is 0.0943. The van der Waals surface area contributed by atoms with E-state index >= 15 is 0 Å². The van der Waals surface area contributed by atoms with Gasteiger partial charge in [-0.05, 0) is 52.6 Å². The Morgan fingerprint density at radius 1 is 0.719 bits per heavy atom. The highest BCUT2D eigenvalue weighted by Crippen LogP contribution is 2.30. The molecule has 0 bridgehead atoms. The van der Waals surface area contributed by atoms with E-state index in [2.05, 4.69) is 0 Å². The summed E-state index contributed by atoms with van der Waals surface area (Å²) in [5.41, 5.74) is 0.950. The summed E-state index contributed by atoms with van der Waals surface area (Å²) in [6, 6.07) is 22.5. The maximum Gasteiger partial charge on any atom is 0.167 e. The fourth-order valence-corrected chi connectivity index (χ4v) is 3.82. The summed E-state index contributed by atoms with van der Waals surface area (Å²) in [6.07, 6.45) is -0.204. The minimum absolute atomic E-state index is 0.0667. The third-order valence-electron chi connectivity index (χ3n) is 5.55. The van der Waals surface area contributed by atoms with Gasteiger partial charge < -0.3 is 5.11 Å². The van der Waals surface area contributed by atoms with Crippen molar-refractivity contribution in [3.63, 3.8) is 0 Å². The summed E-state index contributed by atoms with van der Waals surface area (Å²) in [5.74, 6) is -3.49. The van der Waals surface area contributed by atoms with E-state index in [1.807, 2.05) is 30.3 Å². The average molecular weight is 430 g/mol. The second-order valence-corrected chi connectivity index (χ2v) is 7.70. The molecule has 1 N–H and O–H groups in total. The summed E-state index contributed by atoms with van der Waals surface area (Å²) in [6.45, 7) is 0. The van der Waals surface area contributed by atoms with Crippen LogP contribution in [0.3, 0.4) is 0 Å². The molecule has 0 saturated heterocycles. The number of hydrogen-bond acceptors (Lipinski definition) is 3. The van der Waals surface area contributed by atoms with E-state index in [0.717, 1.165) is 22.9 Å². The zero-order valence-corrected chi connectivity index (χ0v) is 17.1. The number of ketones is 2. The van der Waals surface area contributed by atoms with Gasteiger partial charge >= 0.3 is 0 Å². The van der Waals surface area contributed by atoms with E-state index in [1.54, 1.807) is 24.3 Å². The third kappa shape index (κ3) is 4.57. The third-order valence-corrected chi connectivity index (χ3v) is 5.55. The fraction of sp³-hybridized carbons (Fsp3) is 0.111. The second-order valence-electron chi connectivity index (χ2n) is 7.70. The van der Waals surface area contributed by atoms with Gasteiger partial charge in [0.1, 0.15) is 5.75 Å². The maximum atomic E-state index is 13.9. The summed E-state index contributed by atoms with van der Waals surface area (Å²) in [4.78, 5) is 25.9. The van der Waals surface area contributed by atoms with Gasteiger partial charge in [0.2, 0.25) is 0 Å². The van der Waals surface area contributed by atoms with Crippen LogP contribution in [0.25, 0.3) is 10.8 Å². The SMILES string of the molecule is O=C(CC(CC(=O)c1ccccc1O)c1ccc(F)c(F)c1)c1ccc2ccccc2c1. The Hall–Kier alpha value is -3.86. The van der Waals surface area contributed by atoms with E-state index in [1.165, 1.54) is 18.2 Å². The van der Waals surface area contributed by atoms with Crippen LogP contribution < -0.4 is 0 Å². The van der Waals surface area contributed by atoms with E-state index < -0.39 is 17.6 Å². The van der Waals surface area contributed by atoms with Crippen molar-refractivity contribution in [3.8, 4) is 5.75 Å². The lowest BCUT2D eigenvalue weighted by Gasteiger charge is -2.17. The number of carbonyl (C=O) groups is 2. The molecule has 4 rings (SSSR count). The van der Waals surface area contributed by atoms with Crippen LogP contribution in [0.1, 0.15) is 45.0 Å². The number of hydrogen-bond donors (Lipinski definition) is 1. The molecule has 3 nitrogen and oxygen atoms in total. The Morgan fingerprint density at radius 2 is 1.41 bits per heavy atom. The molecule has 1 unspecified atom stereocenters. The molecule has 32 heavy (non-hydrogen) atoms. The molecule has 0 aliphatic heterocycles. The van der Waals surface area contributed by atoms with Crippen molar-refractivity contribution in [2.45, 2.75) is 18.8 Å². The van der Waals surface area contributed by atoms with Crippen LogP contribution in [0, 0.1) is 11.6 Å². The smallest absolute Gasteiger partial charge is 0.167 e. The molecule has 0 heterocycles. The van der Waals surface area contributed by atoms with Crippen LogP contribution in [-0.4, -0.2) is 16.7 Å². The van der Waals surface area contributed by atoms with E-state index in [0.29, 0.717) is 11.1 Å². The molecule has 4 aromatic rings. The summed E-state index contributed by atoms with van der Waals surface area (Å²) < 4.78 is 27.4. The van der Waals surface area contributed by atoms with Gasteiger partial charge in [-0.25, -0.2) is 8.78 Å². The molecule has 1 atom stereocenters. The second kappa shape index (κ2) is 9.10. The van der Waals surface area contributed by atoms with Crippen molar-refractivity contribution in [2.75, 3.05) is 0 Å². The van der Waals surface area contributed by atoms with Gasteiger partial charge in [-0.3, -0.25) is 9.59 Å². The van der Waals surface area contributed by atoms with Crippen LogP contribution in [0.5, 0.6) is 5.75 Å². The van der Waals surface area contributed by atoms with Crippen molar-refractivity contribution in [2.24, 2.45) is 0 Å². The van der Waals surface area contributed by atoms with Gasteiger partial charge in [0, 0.05) is 18.4 Å². The Bertz CT molecular complexity index is 1310. The lowest BCUT2D eigenvalue weighted by Crippen LogP contribution is -2.13. The zero-order valence-electron chi connectivity index (χ0n) is 17.1. The molecular formula is C27H20F2O3. The topological polar surface area (TPSA) is 54.4 Å². The first-order valence-corrected chi connectivity index (χ1v) is 10.2. The molecule has 0 fully saturated rings. The Kier molecular flexibility index (Phi) is 6.08. The molecule has 0 aromatic heterocycles. The average Bonchev–Trinajstić information content (AvgIpc) is 2.80. The Balaban J connectivity index is 1.64. The quantitative estimate of drug-likeness (QED) is 0.343. The summed E-state index contributed by atoms with van der Waals surface area (Å²) in [7, 11) is 0. The van der Waals surface area contributed by atoms with Crippen LogP contribution in [0.4, 0.5) is 8.78 Å². The minimum atomic E-state index is -1.04. The number of aromatic hydroxyl groups is 1. The van der Waals surface area contributed by atoms with Gasteiger partial charge in [0.15, 0.2) is 23.2 Å². The van der Waals surface area contributed by atoms with Gasteiger partial charge in [0.25, 0.3) is 0 Å². The first kappa shape index (κ1) is 21.4. The maximum absolute atomic E-state index is 13.9. The van der Waals surface area contributed by atoms with Crippen molar-refractivity contribution in [1.82, 2.24) is 0 Å². The Labute approximate surface area is 184 Å². The zero-order chi connectivity index (χ0) is 22.7. The molecule has 0 aliphatic rings. The van der Waals surface area contributed by atoms with E-state index in [9.17, 15) is 23.5 Å². The van der Waals surface area contributed by atoms with Gasteiger partial charge in [-0.15, -0.1) is 0 Å². The standard InChI is InChI=1S/C27H20F2O3/c28-23-12-11-19(14-24(23)29)21(16-27(32)22-7-3-4-8-25(22)30)15-26(31)20-10-9-17-5-1-2-6-18(17)13-20/h1-14,21,30H,15-16H2. The van der Waals surface area contributed by atoms with Crippen molar-refractivity contribution >= 4 is 22.3 Å². The molecule has 0 saturated carbocycles. The predicted octanol–water partition coefficient (Wildman–Crippen LogP) is 6.45. The van der Waals surface area contributed by atoms with Gasteiger partial charge in [-0.2, -0.15) is 0 Å². The number of rotatable bonds is 7. The molecule has 160 valence electrons. The number of Topliss-reactive ketones (excluding diaryl/α,β-unsaturated/α-hetero) is 2. The van der Waals surface area contributed by atoms with Crippen LogP contribution in [0.15, 0.2) is 84.9 Å². The van der Waals surface area contributed by atoms with Crippen LogP contribution in [-0.2, 0) is 0 Å². The number of phenolic OH excluding ortho intramolecular Hbond substituents is 1. The molecule has 0 spiro atoms. The number of halogens is 2. The number of para-hydroxylation sites is 1. The molecular weight excluding hydrogens is 410 g/mol. The van der Waals surface area contributed by atoms with Crippen molar-refractivity contribution in [1.29, 1.82) is 0 Å². The summed E-state index contributed by atoms with van der Waals surface area (Å²) >= 11 is 0. The highest BCUT2D eigenvalue weighted by molar-refractivity contribution is 6.02. The monoisotopic (exact) mass is 430 g/mol. The van der Waals surface area contributed by atoms with Crippen molar-refractivity contribution in [3.05, 3.63) is 113 Å². The van der Waals surface area contributed by atoms with Crippen molar-refractivity contribution < 1.29 is 23.5 Å². The van der Waals surface area contributed by atoms with E-state index in [-0.39, 0.29) is 35.7 Å². The lowest BCUT2D eigenvalue weighted by atomic mass is 9.86. The molecule has 4 aromatic carbocycles. The Morgan fingerprint density at radius 3 is 2.16 bits per heavy atom. The highest BCUT2D eigenvalue weighted by atomic mass is 19.2. The minimum Gasteiger partial charge on any atom is -0.507 e. The molecule has 0 amide bonds. The number of carbonyl (C=O) groups excluding carboxylic acids is 2. The molecule has 0 aliphatic carbocycles. The molecule has 5 heteroatoms. The summed E-state index contributed by atoms with van der Waals surface area (Å²) in [5, 5.41) is 11.9. The fourth-order valence-electron chi connectivity index (χ4n) is 3.82. The number of phenols is 1. The molecule has 0 radical (unpaired) electrons. The van der Waals surface area contributed by atoms with Gasteiger partial charge in [0.05, 0.1) is 5.56 Å². The number of fused-ring (bicyclic) bond motifs is 1. The van der Waals surface area contributed by atoms with Crippen LogP contribution in [0.2, 0.25) is 0 Å². The first-order chi connectivity index (χ1) is 15.4. The largest absolute Gasteiger partial charge is 0.507 e. The van der Waals surface area contributed by atoms with Gasteiger partial charge in [-0.1, -0.05) is 54.6 Å². The highest BCUT2D eigenvalue weighted by Gasteiger charge is 2.23. The van der Waals surface area contributed by atoms with E-state index in [4.69, 9.17) is 0 Å². The normalized spacial score (nSPS) is 11.9. The van der Waals surface area contributed by atoms with Crippen LogP contribution >= 0.6 is 0 Å². The first-order valence-electron chi connectivity index (χ1n) is 10.2.